The predicted octanol–water partition coefficient (Wildman–Crippen LogP) is 3.62. The van der Waals surface area contributed by atoms with Gasteiger partial charge in [-0.05, 0) is 30.3 Å². The van der Waals surface area contributed by atoms with Gasteiger partial charge in [0.1, 0.15) is 5.75 Å². The van der Waals surface area contributed by atoms with Crippen LogP contribution in [-0.4, -0.2) is 25.5 Å². The van der Waals surface area contributed by atoms with Crippen molar-refractivity contribution in [2.45, 2.75) is 6.42 Å². The molecule has 1 atom stereocenters. The Kier molecular flexibility index (Phi) is 5.08. The molecule has 1 saturated heterocycles. The van der Waals surface area contributed by atoms with Gasteiger partial charge in [-0.2, -0.15) is 0 Å². The van der Waals surface area contributed by atoms with Gasteiger partial charge in [0.05, 0.1) is 18.7 Å². The summed E-state index contributed by atoms with van der Waals surface area (Å²) in [7, 11) is 1.47. The third kappa shape index (κ3) is 3.62. The molecule has 0 radical (unpaired) electrons. The zero-order valence-electron chi connectivity index (χ0n) is 13.8. The fraction of sp³-hybridized carbons (Fsp3) is 0.222. The lowest BCUT2D eigenvalue weighted by atomic mass is 10.1. The summed E-state index contributed by atoms with van der Waals surface area (Å²) in [6, 6.07) is 7.94. The number of rotatable bonds is 4. The monoisotopic (exact) mass is 380 g/mol. The van der Waals surface area contributed by atoms with E-state index >= 15 is 0 Å². The highest BCUT2D eigenvalue weighted by molar-refractivity contribution is 6.31. The van der Waals surface area contributed by atoms with Crippen molar-refractivity contribution in [3.05, 3.63) is 53.1 Å². The Morgan fingerprint density at radius 1 is 1.23 bits per heavy atom. The van der Waals surface area contributed by atoms with Gasteiger partial charge in [-0.25, -0.2) is 8.78 Å². The Labute approximate surface area is 153 Å². The summed E-state index contributed by atoms with van der Waals surface area (Å²) in [5, 5.41) is 2.94. The Bertz CT molecular complexity index is 876. The van der Waals surface area contributed by atoms with Crippen LogP contribution in [-0.2, 0) is 9.59 Å². The van der Waals surface area contributed by atoms with Crippen molar-refractivity contribution in [1.29, 1.82) is 0 Å². The van der Waals surface area contributed by atoms with E-state index in [-0.39, 0.29) is 24.6 Å². The zero-order valence-corrected chi connectivity index (χ0v) is 14.5. The highest BCUT2D eigenvalue weighted by atomic mass is 35.5. The van der Waals surface area contributed by atoms with Crippen molar-refractivity contribution in [1.82, 2.24) is 0 Å². The van der Waals surface area contributed by atoms with Gasteiger partial charge in [0.15, 0.2) is 11.6 Å². The number of anilines is 2. The molecule has 1 aliphatic rings. The van der Waals surface area contributed by atoms with Crippen molar-refractivity contribution in [2.24, 2.45) is 5.92 Å². The minimum absolute atomic E-state index is 0.00875. The zero-order chi connectivity index (χ0) is 18.8. The van der Waals surface area contributed by atoms with Crippen LogP contribution in [0.1, 0.15) is 6.42 Å². The van der Waals surface area contributed by atoms with Gasteiger partial charge in [-0.1, -0.05) is 11.6 Å². The second-order valence-electron chi connectivity index (χ2n) is 5.84. The molecule has 1 heterocycles. The number of halogens is 3. The number of hydrogen-bond donors (Lipinski definition) is 1. The molecule has 1 unspecified atom stereocenters. The van der Waals surface area contributed by atoms with Gasteiger partial charge in [0, 0.05) is 29.7 Å². The molecular weight excluding hydrogens is 366 g/mol. The molecule has 136 valence electrons. The van der Waals surface area contributed by atoms with E-state index in [1.807, 2.05) is 0 Å². The van der Waals surface area contributed by atoms with Gasteiger partial charge in [-0.3, -0.25) is 9.59 Å². The maximum Gasteiger partial charge on any atom is 0.229 e. The molecule has 26 heavy (non-hydrogen) atoms. The summed E-state index contributed by atoms with van der Waals surface area (Å²) in [5.74, 6) is -2.94. The second kappa shape index (κ2) is 7.29. The van der Waals surface area contributed by atoms with Crippen LogP contribution in [0.5, 0.6) is 5.75 Å². The van der Waals surface area contributed by atoms with Gasteiger partial charge in [0.2, 0.25) is 11.8 Å². The maximum absolute atomic E-state index is 13.3. The van der Waals surface area contributed by atoms with Crippen LogP contribution in [0, 0.1) is 17.6 Å². The molecule has 8 heteroatoms. The van der Waals surface area contributed by atoms with E-state index in [9.17, 15) is 18.4 Å². The van der Waals surface area contributed by atoms with E-state index in [2.05, 4.69) is 5.32 Å². The summed E-state index contributed by atoms with van der Waals surface area (Å²) >= 11 is 5.99. The van der Waals surface area contributed by atoms with E-state index < -0.39 is 23.5 Å². The van der Waals surface area contributed by atoms with Crippen molar-refractivity contribution in [2.75, 3.05) is 23.9 Å². The number of amides is 2. The first-order valence-electron chi connectivity index (χ1n) is 7.79. The van der Waals surface area contributed by atoms with Gasteiger partial charge in [0.25, 0.3) is 0 Å². The molecular formula is C18H15ClF2N2O3. The first-order chi connectivity index (χ1) is 12.4. The number of carbonyl (C=O) groups is 2. The molecule has 1 aliphatic heterocycles. The van der Waals surface area contributed by atoms with Crippen LogP contribution in [0.2, 0.25) is 5.02 Å². The number of hydrogen-bond acceptors (Lipinski definition) is 3. The first kappa shape index (κ1) is 18.1. The summed E-state index contributed by atoms with van der Waals surface area (Å²) in [4.78, 5) is 26.2. The second-order valence-corrected chi connectivity index (χ2v) is 6.28. The van der Waals surface area contributed by atoms with Crippen molar-refractivity contribution >= 4 is 34.8 Å². The molecule has 0 spiro atoms. The summed E-state index contributed by atoms with van der Waals surface area (Å²) in [6.07, 6.45) is -0.00875. The molecule has 2 aromatic rings. The third-order valence-corrected chi connectivity index (χ3v) is 4.35. The van der Waals surface area contributed by atoms with Crippen LogP contribution in [0.3, 0.4) is 0 Å². The van der Waals surface area contributed by atoms with Crippen LogP contribution in [0.15, 0.2) is 36.4 Å². The van der Waals surface area contributed by atoms with E-state index in [0.717, 1.165) is 12.1 Å². The third-order valence-electron chi connectivity index (χ3n) is 4.11. The fourth-order valence-corrected chi connectivity index (χ4v) is 2.97. The first-order valence-corrected chi connectivity index (χ1v) is 8.16. The Hall–Kier alpha value is -2.67. The number of nitrogens with one attached hydrogen (secondary N) is 1. The predicted molar refractivity (Wildman–Crippen MR) is 93.5 cm³/mol. The average Bonchev–Trinajstić information content (AvgIpc) is 3.00. The Morgan fingerprint density at radius 2 is 2.00 bits per heavy atom. The Morgan fingerprint density at radius 3 is 2.69 bits per heavy atom. The average molecular weight is 381 g/mol. The molecule has 0 saturated carbocycles. The Balaban J connectivity index is 1.76. The molecule has 3 rings (SSSR count). The highest BCUT2D eigenvalue weighted by Gasteiger charge is 2.36. The normalized spacial score (nSPS) is 16.7. The lowest BCUT2D eigenvalue weighted by Gasteiger charge is -2.20. The van der Waals surface area contributed by atoms with Crippen molar-refractivity contribution in [3.63, 3.8) is 0 Å². The molecule has 0 aliphatic carbocycles. The fourth-order valence-electron chi connectivity index (χ4n) is 2.81. The van der Waals surface area contributed by atoms with Gasteiger partial charge in [-0.15, -0.1) is 0 Å². The van der Waals surface area contributed by atoms with E-state index in [0.29, 0.717) is 16.5 Å². The maximum atomic E-state index is 13.3. The minimum atomic E-state index is -1.06. The molecule has 0 bridgehead atoms. The van der Waals surface area contributed by atoms with Crippen LogP contribution < -0.4 is 15.0 Å². The molecule has 1 N–H and O–H groups in total. The topological polar surface area (TPSA) is 58.6 Å². The quantitative estimate of drug-likeness (QED) is 0.881. The van der Waals surface area contributed by atoms with Crippen molar-refractivity contribution in [3.8, 4) is 5.75 Å². The smallest absolute Gasteiger partial charge is 0.229 e. The summed E-state index contributed by atoms with van der Waals surface area (Å²) in [6.45, 7) is 0.130. The highest BCUT2D eigenvalue weighted by Crippen LogP contribution is 2.35. The standard InChI is InChI=1S/C18H15ClF2N2O3/c1-26-16-5-2-11(19)7-15(16)23-9-10(6-17(23)24)18(25)22-12-3-4-13(20)14(21)8-12/h2-5,7-8,10H,6,9H2,1H3,(H,22,25). The van der Waals surface area contributed by atoms with Crippen molar-refractivity contribution < 1.29 is 23.1 Å². The summed E-state index contributed by atoms with van der Waals surface area (Å²) in [5.41, 5.74) is 0.605. The molecule has 2 aromatic carbocycles. The van der Waals surface area contributed by atoms with E-state index in [4.69, 9.17) is 16.3 Å². The number of carbonyl (C=O) groups excluding carboxylic acids is 2. The largest absolute Gasteiger partial charge is 0.495 e. The van der Waals surface area contributed by atoms with Crippen LogP contribution in [0.25, 0.3) is 0 Å². The van der Waals surface area contributed by atoms with E-state index in [1.54, 1.807) is 18.2 Å². The number of ether oxygens (including phenoxy) is 1. The molecule has 5 nitrogen and oxygen atoms in total. The van der Waals surface area contributed by atoms with Crippen LogP contribution >= 0.6 is 11.6 Å². The minimum Gasteiger partial charge on any atom is -0.495 e. The lowest BCUT2D eigenvalue weighted by molar-refractivity contribution is -0.122. The SMILES string of the molecule is COc1ccc(Cl)cc1N1CC(C(=O)Nc2ccc(F)c(F)c2)CC1=O. The number of benzene rings is 2. The van der Waals surface area contributed by atoms with Crippen LogP contribution in [0.4, 0.5) is 20.2 Å². The molecule has 2 amide bonds. The number of methoxy groups -OCH3 is 1. The van der Waals surface area contributed by atoms with Gasteiger partial charge >= 0.3 is 0 Å². The lowest BCUT2D eigenvalue weighted by Crippen LogP contribution is -2.28. The summed E-state index contributed by atoms with van der Waals surface area (Å²) < 4.78 is 31.5. The molecule has 1 fully saturated rings. The number of nitrogens with zero attached hydrogens (tertiary/aromatic N) is 1. The van der Waals surface area contributed by atoms with E-state index in [1.165, 1.54) is 18.1 Å². The molecule has 0 aromatic heterocycles. The van der Waals surface area contributed by atoms with Gasteiger partial charge < -0.3 is 15.0 Å².